The maximum absolute atomic E-state index is 13.0. The van der Waals surface area contributed by atoms with Crippen LogP contribution < -0.4 is 9.64 Å². The van der Waals surface area contributed by atoms with E-state index in [2.05, 4.69) is 4.99 Å². The third-order valence-corrected chi connectivity index (χ3v) is 3.99. The molecule has 1 aliphatic rings. The van der Waals surface area contributed by atoms with Crippen molar-refractivity contribution in [3.8, 4) is 5.75 Å². The number of para-hydroxylation sites is 1. The highest BCUT2D eigenvalue weighted by molar-refractivity contribution is 6.55. The summed E-state index contributed by atoms with van der Waals surface area (Å²) in [5, 5.41) is 0. The van der Waals surface area contributed by atoms with Crippen LogP contribution in [0.5, 0.6) is 5.75 Å². The molecule has 2 aromatic carbocycles. The van der Waals surface area contributed by atoms with Gasteiger partial charge in [0.05, 0.1) is 19.3 Å². The van der Waals surface area contributed by atoms with Crippen molar-refractivity contribution in [1.82, 2.24) is 0 Å². The van der Waals surface area contributed by atoms with Gasteiger partial charge in [0.1, 0.15) is 17.1 Å². The van der Waals surface area contributed by atoms with E-state index in [0.717, 1.165) is 17.0 Å². The maximum Gasteiger partial charge on any atom is 0.434 e. The number of nitrogens with zero attached hydrogens (tertiary/aromatic N) is 2. The van der Waals surface area contributed by atoms with Crippen molar-refractivity contribution >= 4 is 23.4 Å². The van der Waals surface area contributed by atoms with Gasteiger partial charge in [-0.1, -0.05) is 30.3 Å². The smallest absolute Gasteiger partial charge is 0.434 e. The number of aliphatic imine (C=N–C) groups is 1. The predicted octanol–water partition coefficient (Wildman–Crippen LogP) is 3.97. The predicted molar refractivity (Wildman–Crippen MR) is 103 cm³/mol. The molecule has 2 aromatic rings. The summed E-state index contributed by atoms with van der Waals surface area (Å²) in [6.07, 6.45) is -0.771. The number of carbonyl (C=O) groups excluding carboxylic acids is 2. The molecule has 2 amide bonds. The molecule has 0 radical (unpaired) electrons. The summed E-state index contributed by atoms with van der Waals surface area (Å²) in [5.41, 5.74) is 1.72. The Balaban J connectivity index is 1.90. The third-order valence-electron chi connectivity index (χ3n) is 3.99. The first-order chi connectivity index (χ1) is 12.8. The number of hydrogen-bond acceptors (Lipinski definition) is 4. The van der Waals surface area contributed by atoms with Crippen LogP contribution in [0.1, 0.15) is 31.9 Å². The molecular weight excluding hydrogens is 344 g/mol. The van der Waals surface area contributed by atoms with Gasteiger partial charge in [-0.3, -0.25) is 4.79 Å². The van der Waals surface area contributed by atoms with E-state index >= 15 is 0 Å². The van der Waals surface area contributed by atoms with Crippen LogP contribution in [0.2, 0.25) is 0 Å². The number of fused-ring (bicyclic) bond motifs is 1. The molecule has 0 spiro atoms. The first-order valence-corrected chi connectivity index (χ1v) is 8.64. The topological polar surface area (TPSA) is 68.2 Å². The maximum atomic E-state index is 13.0. The molecule has 27 heavy (non-hydrogen) atoms. The van der Waals surface area contributed by atoms with E-state index in [1.807, 2.05) is 42.5 Å². The fourth-order valence-corrected chi connectivity index (χ4v) is 2.82. The Morgan fingerprint density at radius 1 is 1.07 bits per heavy atom. The van der Waals surface area contributed by atoms with E-state index in [0.29, 0.717) is 12.1 Å². The Kier molecular flexibility index (Phi) is 4.99. The lowest BCUT2D eigenvalue weighted by Gasteiger charge is -2.18. The minimum atomic E-state index is -0.771. The molecule has 0 saturated carbocycles. The van der Waals surface area contributed by atoms with Crippen LogP contribution in [-0.2, 0) is 16.1 Å². The molecule has 6 heteroatoms. The van der Waals surface area contributed by atoms with Gasteiger partial charge in [-0.25, -0.2) is 4.79 Å². The number of amides is 2. The molecule has 0 fully saturated rings. The van der Waals surface area contributed by atoms with Crippen molar-refractivity contribution in [3.63, 3.8) is 0 Å². The molecule has 1 heterocycles. The lowest BCUT2D eigenvalue weighted by molar-refractivity contribution is -0.112. The molecule has 0 bridgehead atoms. The van der Waals surface area contributed by atoms with Crippen molar-refractivity contribution in [3.05, 3.63) is 59.7 Å². The highest BCUT2D eigenvalue weighted by Crippen LogP contribution is 2.31. The van der Waals surface area contributed by atoms with Gasteiger partial charge in [0, 0.05) is 5.56 Å². The van der Waals surface area contributed by atoms with Gasteiger partial charge >= 0.3 is 6.09 Å². The van der Waals surface area contributed by atoms with Gasteiger partial charge < -0.3 is 14.4 Å². The summed E-state index contributed by atoms with van der Waals surface area (Å²) in [7, 11) is 1.61. The Morgan fingerprint density at radius 2 is 1.74 bits per heavy atom. The molecule has 1 aliphatic heterocycles. The number of ether oxygens (including phenoxy) is 2. The fourth-order valence-electron chi connectivity index (χ4n) is 2.82. The van der Waals surface area contributed by atoms with E-state index in [9.17, 15) is 9.59 Å². The highest BCUT2D eigenvalue weighted by Gasteiger charge is 2.34. The third kappa shape index (κ3) is 4.16. The van der Waals surface area contributed by atoms with Crippen LogP contribution in [0.3, 0.4) is 0 Å². The summed E-state index contributed by atoms with van der Waals surface area (Å²) < 4.78 is 10.4. The second-order valence-electron chi connectivity index (χ2n) is 7.20. The average molecular weight is 366 g/mol. The number of hydrogen-bond donors (Lipinski definition) is 0. The second kappa shape index (κ2) is 7.23. The molecular formula is C21H22N2O4. The normalized spacial score (nSPS) is 15.0. The van der Waals surface area contributed by atoms with Gasteiger partial charge in [-0.2, -0.15) is 4.99 Å². The van der Waals surface area contributed by atoms with Gasteiger partial charge in [-0.15, -0.1) is 0 Å². The van der Waals surface area contributed by atoms with E-state index in [1.165, 1.54) is 0 Å². The first-order valence-electron chi connectivity index (χ1n) is 8.64. The Hall–Kier alpha value is -3.15. The first kappa shape index (κ1) is 18.6. The number of methoxy groups -OCH3 is 1. The average Bonchev–Trinajstić information content (AvgIpc) is 2.87. The lowest BCUT2D eigenvalue weighted by Crippen LogP contribution is -2.30. The van der Waals surface area contributed by atoms with Crippen molar-refractivity contribution in [1.29, 1.82) is 0 Å². The fraction of sp³-hybridized carbons (Fsp3) is 0.286. The van der Waals surface area contributed by atoms with Crippen LogP contribution in [0.4, 0.5) is 10.5 Å². The summed E-state index contributed by atoms with van der Waals surface area (Å²) in [6.45, 7) is 5.63. The Morgan fingerprint density at radius 3 is 2.37 bits per heavy atom. The molecule has 0 saturated heterocycles. The number of carbonyl (C=O) groups is 2. The largest absolute Gasteiger partial charge is 0.497 e. The van der Waals surface area contributed by atoms with E-state index in [-0.39, 0.29) is 11.6 Å². The van der Waals surface area contributed by atoms with Gasteiger partial charge in [0.2, 0.25) is 0 Å². The quantitative estimate of drug-likeness (QED) is 0.824. The Labute approximate surface area is 158 Å². The summed E-state index contributed by atoms with van der Waals surface area (Å²) in [4.78, 5) is 30.6. The summed E-state index contributed by atoms with van der Waals surface area (Å²) in [5.74, 6) is 0.428. The molecule has 0 N–H and O–H groups in total. The van der Waals surface area contributed by atoms with Crippen LogP contribution in [-0.4, -0.2) is 30.4 Å². The molecule has 0 unspecified atom stereocenters. The van der Waals surface area contributed by atoms with Crippen molar-refractivity contribution in [2.45, 2.75) is 32.9 Å². The zero-order chi connectivity index (χ0) is 19.6. The lowest BCUT2D eigenvalue weighted by atomic mass is 10.1. The van der Waals surface area contributed by atoms with Crippen LogP contribution in [0, 0.1) is 0 Å². The Bertz CT molecular complexity index is 895. The molecule has 3 rings (SSSR count). The van der Waals surface area contributed by atoms with E-state index < -0.39 is 11.7 Å². The molecule has 6 nitrogen and oxygen atoms in total. The monoisotopic (exact) mass is 366 g/mol. The molecule has 0 aromatic heterocycles. The van der Waals surface area contributed by atoms with Gasteiger partial charge in [0.15, 0.2) is 0 Å². The summed E-state index contributed by atoms with van der Waals surface area (Å²) in [6, 6.07) is 14.8. The summed E-state index contributed by atoms with van der Waals surface area (Å²) >= 11 is 0. The zero-order valence-electron chi connectivity index (χ0n) is 15.9. The standard InChI is InChI=1S/C21H22N2O4/c1-21(2,3)27-20(25)22-18-16-7-5-6-8-17(16)23(19(18)24)13-14-9-11-15(26-4)12-10-14/h5-12H,13H2,1-4H3/b22-18+. The van der Waals surface area contributed by atoms with Crippen molar-refractivity contribution < 1.29 is 19.1 Å². The number of rotatable bonds is 3. The van der Waals surface area contributed by atoms with Crippen molar-refractivity contribution in [2.24, 2.45) is 4.99 Å². The minimum Gasteiger partial charge on any atom is -0.497 e. The SMILES string of the molecule is COc1ccc(CN2C(=O)/C(=N/C(=O)OC(C)(C)C)c3ccccc32)cc1. The van der Waals surface area contributed by atoms with Crippen molar-refractivity contribution in [2.75, 3.05) is 12.0 Å². The van der Waals surface area contributed by atoms with Crippen LogP contribution in [0.15, 0.2) is 53.5 Å². The molecule has 140 valence electrons. The molecule has 0 aliphatic carbocycles. The second-order valence-corrected chi connectivity index (χ2v) is 7.20. The zero-order valence-corrected chi connectivity index (χ0v) is 15.9. The highest BCUT2D eigenvalue weighted by atomic mass is 16.6. The minimum absolute atomic E-state index is 0.105. The van der Waals surface area contributed by atoms with Crippen LogP contribution >= 0.6 is 0 Å². The van der Waals surface area contributed by atoms with E-state index in [4.69, 9.17) is 9.47 Å². The molecule has 0 atom stereocenters. The van der Waals surface area contributed by atoms with Gasteiger partial charge in [0.25, 0.3) is 5.91 Å². The number of anilines is 1. The van der Waals surface area contributed by atoms with Gasteiger partial charge in [-0.05, 0) is 44.5 Å². The van der Waals surface area contributed by atoms with E-state index in [1.54, 1.807) is 38.8 Å². The number of benzene rings is 2. The van der Waals surface area contributed by atoms with Crippen LogP contribution in [0.25, 0.3) is 0 Å².